The Hall–Kier alpha value is -1.19. The van der Waals surface area contributed by atoms with Gasteiger partial charge in [-0.2, -0.15) is 0 Å². The molecule has 0 amide bonds. The molecule has 108 valence electrons. The molecule has 1 aromatic rings. The molecule has 0 radical (unpaired) electrons. The fourth-order valence-electron chi connectivity index (χ4n) is 3.27. The number of fused-ring (bicyclic) bond motifs is 2. The van der Waals surface area contributed by atoms with Crippen LogP contribution in [0.2, 0.25) is 0 Å². The van der Waals surface area contributed by atoms with Gasteiger partial charge in [0.05, 0.1) is 18.2 Å². The van der Waals surface area contributed by atoms with Crippen LogP contribution in [0.4, 0.5) is 0 Å². The van der Waals surface area contributed by atoms with Gasteiger partial charge in [-0.25, -0.2) is 0 Å². The third kappa shape index (κ3) is 2.65. The van der Waals surface area contributed by atoms with Gasteiger partial charge in [0, 0.05) is 18.7 Å². The Morgan fingerprint density at radius 1 is 1.25 bits per heavy atom. The summed E-state index contributed by atoms with van der Waals surface area (Å²) in [5.74, 6) is 0.231. The Morgan fingerprint density at radius 2 is 1.85 bits per heavy atom. The number of ether oxygens (including phenoxy) is 1. The Kier molecular flexibility index (Phi) is 3.90. The molecule has 2 bridgehead atoms. The molecular weight excluding hydrogens is 250 g/mol. The van der Waals surface area contributed by atoms with Crippen molar-refractivity contribution < 1.29 is 9.53 Å². The molecule has 3 atom stereocenters. The van der Waals surface area contributed by atoms with Gasteiger partial charge in [0.1, 0.15) is 0 Å². The van der Waals surface area contributed by atoms with Crippen LogP contribution < -0.4 is 0 Å². The van der Waals surface area contributed by atoms with Crippen LogP contribution >= 0.6 is 0 Å². The van der Waals surface area contributed by atoms with E-state index in [0.29, 0.717) is 12.2 Å². The first-order valence-corrected chi connectivity index (χ1v) is 7.70. The fourth-order valence-corrected chi connectivity index (χ4v) is 3.27. The number of carbonyl (C=O) groups excluding carboxylic acids is 1. The maximum atomic E-state index is 12.6. The second kappa shape index (κ2) is 5.66. The highest BCUT2D eigenvalue weighted by atomic mass is 16.5. The Bertz CT molecular complexity index is 470. The lowest BCUT2D eigenvalue weighted by molar-refractivity contribution is -0.0464. The minimum Gasteiger partial charge on any atom is -0.372 e. The van der Waals surface area contributed by atoms with Crippen molar-refractivity contribution in [2.75, 3.05) is 13.1 Å². The van der Waals surface area contributed by atoms with Crippen molar-refractivity contribution in [3.05, 3.63) is 35.4 Å². The highest BCUT2D eigenvalue weighted by molar-refractivity contribution is 5.99. The summed E-state index contributed by atoms with van der Waals surface area (Å²) in [5.41, 5.74) is 2.10. The van der Waals surface area contributed by atoms with Gasteiger partial charge < -0.3 is 4.74 Å². The highest BCUT2D eigenvalue weighted by Gasteiger charge is 2.37. The molecule has 2 heterocycles. The van der Waals surface area contributed by atoms with Crippen molar-refractivity contribution in [3.8, 4) is 0 Å². The van der Waals surface area contributed by atoms with Crippen molar-refractivity contribution in [1.82, 2.24) is 4.90 Å². The number of rotatable bonds is 4. The molecule has 2 fully saturated rings. The summed E-state index contributed by atoms with van der Waals surface area (Å²) in [4.78, 5) is 14.9. The molecule has 2 aliphatic rings. The normalized spacial score (nSPS) is 27.5. The number of Topliss-reactive ketones (excluding diaryl/α,β-unsaturated/α-hetero) is 1. The van der Waals surface area contributed by atoms with Crippen molar-refractivity contribution in [1.29, 1.82) is 0 Å². The van der Waals surface area contributed by atoms with Crippen LogP contribution in [0, 0.1) is 0 Å². The third-order valence-corrected chi connectivity index (χ3v) is 4.65. The molecule has 0 spiro atoms. The van der Waals surface area contributed by atoms with Crippen LogP contribution in [0.1, 0.15) is 42.6 Å². The maximum Gasteiger partial charge on any atom is 0.179 e. The van der Waals surface area contributed by atoms with E-state index in [2.05, 4.69) is 24.0 Å². The van der Waals surface area contributed by atoms with E-state index in [9.17, 15) is 4.79 Å². The summed E-state index contributed by atoms with van der Waals surface area (Å²) in [7, 11) is 0. The minimum absolute atomic E-state index is 0.0468. The van der Waals surface area contributed by atoms with E-state index in [-0.39, 0.29) is 11.8 Å². The number of nitrogens with zero attached hydrogens (tertiary/aromatic N) is 1. The Balaban J connectivity index is 1.69. The summed E-state index contributed by atoms with van der Waals surface area (Å²) in [6.07, 6.45) is 3.98. The molecule has 0 N–H and O–H groups in total. The first-order valence-electron chi connectivity index (χ1n) is 7.70. The smallest absolute Gasteiger partial charge is 0.179 e. The molecule has 2 saturated heterocycles. The summed E-state index contributed by atoms with van der Waals surface area (Å²) in [6, 6.07) is 8.00. The molecule has 2 aliphatic heterocycles. The number of likely N-dealkylation sites (tertiary alicyclic amines) is 1. The SMILES string of the molecule is CCc1ccc(C(=O)C(C)N2CC3CCC(C2)O3)cc1. The standard InChI is InChI=1S/C17H23NO2/c1-3-13-4-6-14(7-5-13)17(19)12(2)18-10-15-8-9-16(11-18)20-15/h4-7,12,15-16H,3,8-11H2,1-2H3. The lowest BCUT2D eigenvalue weighted by Gasteiger charge is -2.35. The van der Waals surface area contributed by atoms with E-state index in [1.807, 2.05) is 19.1 Å². The van der Waals surface area contributed by atoms with Gasteiger partial charge in [0.25, 0.3) is 0 Å². The molecular formula is C17H23NO2. The molecule has 0 aromatic heterocycles. The lowest BCUT2D eigenvalue weighted by atomic mass is 10.0. The van der Waals surface area contributed by atoms with Crippen molar-refractivity contribution in [2.24, 2.45) is 0 Å². The van der Waals surface area contributed by atoms with Crippen molar-refractivity contribution >= 4 is 5.78 Å². The van der Waals surface area contributed by atoms with Gasteiger partial charge >= 0.3 is 0 Å². The van der Waals surface area contributed by atoms with Crippen LogP contribution in [-0.4, -0.2) is 42.0 Å². The van der Waals surface area contributed by atoms with Crippen LogP contribution in [-0.2, 0) is 11.2 Å². The molecule has 3 rings (SSSR count). The number of aryl methyl sites for hydroxylation is 1. The number of hydrogen-bond donors (Lipinski definition) is 0. The second-order valence-corrected chi connectivity index (χ2v) is 6.00. The van der Waals surface area contributed by atoms with Gasteiger partial charge in [-0.3, -0.25) is 9.69 Å². The van der Waals surface area contributed by atoms with Crippen LogP contribution in [0.25, 0.3) is 0 Å². The number of benzene rings is 1. The summed E-state index contributed by atoms with van der Waals surface area (Å²) >= 11 is 0. The summed E-state index contributed by atoms with van der Waals surface area (Å²) in [5, 5.41) is 0. The van der Waals surface area contributed by atoms with Crippen molar-refractivity contribution in [2.45, 2.75) is 51.4 Å². The van der Waals surface area contributed by atoms with Crippen molar-refractivity contribution in [3.63, 3.8) is 0 Å². The number of carbonyl (C=O) groups is 1. The highest BCUT2D eigenvalue weighted by Crippen LogP contribution is 2.28. The first-order chi connectivity index (χ1) is 9.67. The molecule has 3 unspecified atom stereocenters. The number of hydrogen-bond acceptors (Lipinski definition) is 3. The molecule has 1 aromatic carbocycles. The minimum atomic E-state index is -0.0468. The van der Waals surface area contributed by atoms with Gasteiger partial charge in [0.2, 0.25) is 0 Å². The van der Waals surface area contributed by atoms with E-state index in [0.717, 1.165) is 37.9 Å². The zero-order chi connectivity index (χ0) is 14.1. The zero-order valence-electron chi connectivity index (χ0n) is 12.3. The maximum absolute atomic E-state index is 12.6. The third-order valence-electron chi connectivity index (χ3n) is 4.65. The molecule has 3 nitrogen and oxygen atoms in total. The van der Waals surface area contributed by atoms with Gasteiger partial charge in [-0.15, -0.1) is 0 Å². The predicted octanol–water partition coefficient (Wildman–Crippen LogP) is 2.68. The van der Waals surface area contributed by atoms with E-state index >= 15 is 0 Å². The van der Waals surface area contributed by atoms with Crippen LogP contribution in [0.3, 0.4) is 0 Å². The monoisotopic (exact) mass is 273 g/mol. The largest absolute Gasteiger partial charge is 0.372 e. The summed E-state index contributed by atoms with van der Waals surface area (Å²) in [6.45, 7) is 5.96. The average molecular weight is 273 g/mol. The van der Waals surface area contributed by atoms with Gasteiger partial charge in [0.15, 0.2) is 5.78 Å². The van der Waals surface area contributed by atoms with Gasteiger partial charge in [-0.05, 0) is 31.7 Å². The zero-order valence-corrected chi connectivity index (χ0v) is 12.3. The van der Waals surface area contributed by atoms with E-state index in [1.54, 1.807) is 0 Å². The lowest BCUT2D eigenvalue weighted by Crippen LogP contribution is -2.49. The average Bonchev–Trinajstić information content (AvgIpc) is 2.84. The van der Waals surface area contributed by atoms with Gasteiger partial charge in [-0.1, -0.05) is 31.2 Å². The Labute approximate surface area is 120 Å². The fraction of sp³-hybridized carbons (Fsp3) is 0.588. The topological polar surface area (TPSA) is 29.5 Å². The number of morpholine rings is 1. The molecule has 3 heteroatoms. The molecule has 0 saturated carbocycles. The van der Waals surface area contributed by atoms with E-state index in [4.69, 9.17) is 4.74 Å². The first kappa shape index (κ1) is 13.8. The number of ketones is 1. The van der Waals surface area contributed by atoms with E-state index < -0.39 is 0 Å². The van der Waals surface area contributed by atoms with Crippen LogP contribution in [0.5, 0.6) is 0 Å². The predicted molar refractivity (Wildman–Crippen MR) is 79.1 cm³/mol. The van der Waals surface area contributed by atoms with E-state index in [1.165, 1.54) is 5.56 Å². The Morgan fingerprint density at radius 3 is 2.40 bits per heavy atom. The molecule has 20 heavy (non-hydrogen) atoms. The second-order valence-electron chi connectivity index (χ2n) is 6.00. The van der Waals surface area contributed by atoms with Crippen LogP contribution in [0.15, 0.2) is 24.3 Å². The quantitative estimate of drug-likeness (QED) is 0.790. The molecule has 0 aliphatic carbocycles. The summed E-state index contributed by atoms with van der Waals surface area (Å²) < 4.78 is 5.84.